The minimum atomic E-state index is -0.412. The van der Waals surface area contributed by atoms with E-state index in [1.165, 1.54) is 6.20 Å². The molecule has 1 aromatic carbocycles. The Morgan fingerprint density at radius 1 is 1.24 bits per heavy atom. The molecule has 0 unspecified atom stereocenters. The monoisotopic (exact) mass is 381 g/mol. The van der Waals surface area contributed by atoms with Crippen LogP contribution in [-0.2, 0) is 4.79 Å². The Balaban J connectivity index is 1.74. The molecule has 7 nitrogen and oxygen atoms in total. The Labute approximate surface area is 154 Å². The molecule has 1 saturated heterocycles. The average Bonchev–Trinajstić information content (AvgIpc) is 3.02. The molecule has 0 radical (unpaired) electrons. The summed E-state index contributed by atoms with van der Waals surface area (Å²) in [6.07, 6.45) is 2.86. The van der Waals surface area contributed by atoms with Crippen LogP contribution < -0.4 is 16.0 Å². The largest absolute Gasteiger partial charge is 0.369 e. The van der Waals surface area contributed by atoms with Gasteiger partial charge in [0.2, 0.25) is 5.91 Å². The van der Waals surface area contributed by atoms with Crippen molar-refractivity contribution in [3.63, 3.8) is 0 Å². The molecule has 4 N–H and O–H groups in total. The normalized spacial score (nSPS) is 15.2. The zero-order valence-electron chi connectivity index (χ0n) is 13.3. The minimum absolute atomic E-state index is 0.112. The van der Waals surface area contributed by atoms with Crippen LogP contribution in [0.5, 0.6) is 0 Å². The first-order chi connectivity index (χ1) is 12.0. The van der Waals surface area contributed by atoms with Crippen LogP contribution in [0.25, 0.3) is 0 Å². The molecule has 9 heteroatoms. The molecular weight excluding hydrogens is 365 g/mol. The Morgan fingerprint density at radius 3 is 2.48 bits per heavy atom. The number of H-pyrrole nitrogens is 1. The molecule has 1 aromatic heterocycles. The van der Waals surface area contributed by atoms with Gasteiger partial charge < -0.3 is 16.0 Å². The molecule has 2 aromatic rings. The molecule has 0 atom stereocenters. The molecule has 0 spiro atoms. The molecule has 2 heterocycles. The Morgan fingerprint density at radius 2 is 1.88 bits per heavy atom. The Hall–Kier alpha value is -2.25. The van der Waals surface area contributed by atoms with E-state index in [1.807, 2.05) is 4.90 Å². The van der Waals surface area contributed by atoms with Crippen molar-refractivity contribution in [3.8, 4) is 0 Å². The summed E-state index contributed by atoms with van der Waals surface area (Å²) in [6, 6.07) is 4.88. The number of carbonyl (C=O) groups is 2. The highest BCUT2D eigenvalue weighted by Crippen LogP contribution is 2.30. The zero-order chi connectivity index (χ0) is 18.0. The number of benzene rings is 1. The number of carbonyl (C=O) groups excluding carboxylic acids is 2. The van der Waals surface area contributed by atoms with Gasteiger partial charge in [0.1, 0.15) is 11.5 Å². The van der Waals surface area contributed by atoms with Gasteiger partial charge in [-0.25, -0.2) is 0 Å². The van der Waals surface area contributed by atoms with Gasteiger partial charge in [0, 0.05) is 19.0 Å². The predicted octanol–water partition coefficient (Wildman–Crippen LogP) is 2.67. The van der Waals surface area contributed by atoms with Crippen molar-refractivity contribution < 1.29 is 9.59 Å². The summed E-state index contributed by atoms with van der Waals surface area (Å²) in [6.45, 7) is 1.29. The van der Waals surface area contributed by atoms with Crippen LogP contribution in [0.3, 0.4) is 0 Å². The zero-order valence-corrected chi connectivity index (χ0v) is 14.8. The van der Waals surface area contributed by atoms with E-state index in [0.717, 1.165) is 0 Å². The van der Waals surface area contributed by atoms with Gasteiger partial charge in [-0.3, -0.25) is 14.7 Å². The van der Waals surface area contributed by atoms with Gasteiger partial charge in [-0.05, 0) is 25.0 Å². The van der Waals surface area contributed by atoms with Crippen LogP contribution in [-0.4, -0.2) is 35.1 Å². The first-order valence-electron chi connectivity index (χ1n) is 7.80. The second-order valence-corrected chi connectivity index (χ2v) is 6.66. The van der Waals surface area contributed by atoms with E-state index >= 15 is 0 Å². The van der Waals surface area contributed by atoms with Crippen LogP contribution in [0.15, 0.2) is 24.4 Å². The maximum absolute atomic E-state index is 12.5. The molecule has 3 rings (SSSR count). The van der Waals surface area contributed by atoms with Crippen LogP contribution in [0.1, 0.15) is 23.2 Å². The van der Waals surface area contributed by atoms with Crippen LogP contribution in [0.2, 0.25) is 10.0 Å². The maximum atomic E-state index is 12.5. The third kappa shape index (κ3) is 3.72. The molecule has 1 aliphatic rings. The van der Waals surface area contributed by atoms with Gasteiger partial charge in [-0.2, -0.15) is 5.10 Å². The highest BCUT2D eigenvalue weighted by atomic mass is 35.5. The number of anilines is 2. The third-order valence-corrected chi connectivity index (χ3v) is 4.90. The summed E-state index contributed by atoms with van der Waals surface area (Å²) in [5.74, 6) is -0.116. The van der Waals surface area contributed by atoms with Crippen molar-refractivity contribution in [2.24, 2.45) is 11.7 Å². The van der Waals surface area contributed by atoms with Gasteiger partial charge in [0.25, 0.3) is 5.91 Å². The smallest absolute Gasteiger partial charge is 0.258 e. The average molecular weight is 382 g/mol. The second-order valence-electron chi connectivity index (χ2n) is 5.85. The second kappa shape index (κ2) is 7.33. The number of primary amides is 1. The summed E-state index contributed by atoms with van der Waals surface area (Å²) in [4.78, 5) is 25.8. The van der Waals surface area contributed by atoms with Gasteiger partial charge in [0.05, 0.1) is 21.8 Å². The van der Waals surface area contributed by atoms with Crippen molar-refractivity contribution >= 4 is 46.5 Å². The summed E-state index contributed by atoms with van der Waals surface area (Å²) < 4.78 is 0. The summed E-state index contributed by atoms with van der Waals surface area (Å²) in [5, 5.41) is 10.2. The standard InChI is InChI=1S/C16H17Cl2N5O2/c17-10-2-1-3-11(18)13(10)16(25)21-12-8-20-22-15(12)23-6-4-9(5-7-23)14(19)24/h1-3,8-9H,4-7H2,(H2,19,24)(H,20,22)(H,21,25). The highest BCUT2D eigenvalue weighted by Gasteiger charge is 2.26. The molecule has 0 bridgehead atoms. The van der Waals surface area contributed by atoms with Crippen molar-refractivity contribution in [2.45, 2.75) is 12.8 Å². The number of halogens is 2. The number of hydrogen-bond acceptors (Lipinski definition) is 4. The number of rotatable bonds is 4. The van der Waals surface area contributed by atoms with Gasteiger partial charge in [-0.1, -0.05) is 29.3 Å². The van der Waals surface area contributed by atoms with Crippen molar-refractivity contribution in [1.29, 1.82) is 0 Å². The molecule has 1 aliphatic heterocycles. The SMILES string of the molecule is NC(=O)C1CCN(c2[nH]ncc2NC(=O)c2c(Cl)cccc2Cl)CC1. The molecule has 0 aliphatic carbocycles. The van der Waals surface area contributed by atoms with Crippen molar-refractivity contribution in [2.75, 3.05) is 23.3 Å². The van der Waals surface area contributed by atoms with Crippen LogP contribution >= 0.6 is 23.2 Å². The van der Waals surface area contributed by atoms with E-state index < -0.39 is 5.91 Å². The fourth-order valence-electron chi connectivity index (χ4n) is 2.90. The van der Waals surface area contributed by atoms with Crippen molar-refractivity contribution in [1.82, 2.24) is 10.2 Å². The number of nitrogens with zero attached hydrogens (tertiary/aromatic N) is 2. The molecule has 132 valence electrons. The van der Waals surface area contributed by atoms with E-state index in [9.17, 15) is 9.59 Å². The van der Waals surface area contributed by atoms with Gasteiger partial charge >= 0.3 is 0 Å². The first kappa shape index (κ1) is 17.6. The van der Waals surface area contributed by atoms with Gasteiger partial charge in [0.15, 0.2) is 0 Å². The number of nitrogens with one attached hydrogen (secondary N) is 2. The fourth-order valence-corrected chi connectivity index (χ4v) is 3.47. The molecular formula is C16H17Cl2N5O2. The fraction of sp³-hybridized carbons (Fsp3) is 0.312. The maximum Gasteiger partial charge on any atom is 0.258 e. The van der Waals surface area contributed by atoms with E-state index in [0.29, 0.717) is 37.4 Å². The summed E-state index contributed by atoms with van der Waals surface area (Å²) in [5.41, 5.74) is 6.10. The highest BCUT2D eigenvalue weighted by molar-refractivity contribution is 6.40. The number of amides is 2. The quantitative estimate of drug-likeness (QED) is 0.756. The number of piperidine rings is 1. The number of aromatic nitrogens is 2. The first-order valence-corrected chi connectivity index (χ1v) is 8.56. The van der Waals surface area contributed by atoms with E-state index in [-0.39, 0.29) is 27.4 Å². The number of aromatic amines is 1. The molecule has 0 saturated carbocycles. The van der Waals surface area contributed by atoms with E-state index in [4.69, 9.17) is 28.9 Å². The third-order valence-electron chi connectivity index (χ3n) is 4.27. The lowest BCUT2D eigenvalue weighted by molar-refractivity contribution is -0.122. The predicted molar refractivity (Wildman–Crippen MR) is 97.1 cm³/mol. The van der Waals surface area contributed by atoms with E-state index in [2.05, 4.69) is 15.5 Å². The summed E-state index contributed by atoms with van der Waals surface area (Å²) >= 11 is 12.2. The van der Waals surface area contributed by atoms with Gasteiger partial charge in [-0.15, -0.1) is 0 Å². The number of nitrogens with two attached hydrogens (primary N) is 1. The lowest BCUT2D eigenvalue weighted by Crippen LogP contribution is -2.39. The summed E-state index contributed by atoms with van der Waals surface area (Å²) in [7, 11) is 0. The molecule has 2 amide bonds. The lowest BCUT2D eigenvalue weighted by Gasteiger charge is -2.31. The Kier molecular flexibility index (Phi) is 5.15. The van der Waals surface area contributed by atoms with E-state index in [1.54, 1.807) is 18.2 Å². The lowest BCUT2D eigenvalue weighted by atomic mass is 9.96. The van der Waals surface area contributed by atoms with Crippen LogP contribution in [0.4, 0.5) is 11.5 Å². The topological polar surface area (TPSA) is 104 Å². The van der Waals surface area contributed by atoms with Crippen LogP contribution in [0, 0.1) is 5.92 Å². The number of hydrogen-bond donors (Lipinski definition) is 3. The Bertz CT molecular complexity index is 779. The molecule has 25 heavy (non-hydrogen) atoms. The molecule has 1 fully saturated rings. The minimum Gasteiger partial charge on any atom is -0.369 e. The van der Waals surface area contributed by atoms with Crippen molar-refractivity contribution in [3.05, 3.63) is 40.0 Å².